The number of nitriles is 1. The number of halogens is 1. The monoisotopic (exact) mass is 235 g/mol. The molecule has 0 bridgehead atoms. The lowest BCUT2D eigenvalue weighted by molar-refractivity contribution is -0.121. The number of rotatable bonds is 5. The van der Waals surface area contributed by atoms with Crippen molar-refractivity contribution in [1.82, 2.24) is 5.32 Å². The maximum absolute atomic E-state index is 13.3. The van der Waals surface area contributed by atoms with E-state index in [0.717, 1.165) is 0 Å². The Morgan fingerprint density at radius 3 is 2.82 bits per heavy atom. The largest absolute Gasteiger partial charge is 0.367 e. The first kappa shape index (κ1) is 13.0. The van der Waals surface area contributed by atoms with Crippen LogP contribution in [0, 0.1) is 17.1 Å². The topological polar surface area (TPSA) is 64.9 Å². The molecular weight excluding hydrogens is 221 g/mol. The van der Waals surface area contributed by atoms with Gasteiger partial charge in [0.15, 0.2) is 0 Å². The summed E-state index contributed by atoms with van der Waals surface area (Å²) in [6.45, 7) is 2.31. The Hall–Kier alpha value is -2.09. The second-order valence-corrected chi connectivity index (χ2v) is 3.46. The van der Waals surface area contributed by atoms with Crippen LogP contribution in [0.4, 0.5) is 10.1 Å². The number of nitrogens with zero attached hydrogens (tertiary/aromatic N) is 1. The number of nitrogens with one attached hydrogen (secondary N) is 2. The summed E-state index contributed by atoms with van der Waals surface area (Å²) < 4.78 is 13.3. The SMILES string of the molecule is CCNC(=O)CC(C#N)Nc1ccccc1F. The highest BCUT2D eigenvalue weighted by Gasteiger charge is 2.13. The first-order valence-corrected chi connectivity index (χ1v) is 5.34. The van der Waals surface area contributed by atoms with E-state index in [9.17, 15) is 9.18 Å². The molecular formula is C12H14FN3O. The maximum atomic E-state index is 13.3. The van der Waals surface area contributed by atoms with Gasteiger partial charge in [-0.25, -0.2) is 4.39 Å². The summed E-state index contributed by atoms with van der Waals surface area (Å²) in [5, 5.41) is 14.2. The summed E-state index contributed by atoms with van der Waals surface area (Å²) in [5.74, 6) is -0.675. The lowest BCUT2D eigenvalue weighted by Crippen LogP contribution is -2.30. The van der Waals surface area contributed by atoms with E-state index in [4.69, 9.17) is 5.26 Å². The number of hydrogen-bond donors (Lipinski definition) is 2. The van der Waals surface area contributed by atoms with Crippen LogP contribution in [0.2, 0.25) is 0 Å². The third kappa shape index (κ3) is 4.11. The number of amides is 1. The molecule has 0 aliphatic carbocycles. The molecule has 4 nitrogen and oxygen atoms in total. The van der Waals surface area contributed by atoms with Crippen LogP contribution in [0.1, 0.15) is 13.3 Å². The molecule has 0 aliphatic heterocycles. The molecule has 0 spiro atoms. The van der Waals surface area contributed by atoms with Crippen LogP contribution in [-0.2, 0) is 4.79 Å². The molecule has 0 saturated carbocycles. The molecule has 1 aromatic rings. The predicted octanol–water partition coefficient (Wildman–Crippen LogP) is 1.66. The average Bonchev–Trinajstić information content (AvgIpc) is 2.31. The van der Waals surface area contributed by atoms with Gasteiger partial charge in [-0.3, -0.25) is 4.79 Å². The summed E-state index contributed by atoms with van der Waals surface area (Å²) >= 11 is 0. The van der Waals surface area contributed by atoms with Crippen LogP contribution in [0.3, 0.4) is 0 Å². The highest BCUT2D eigenvalue weighted by atomic mass is 19.1. The van der Waals surface area contributed by atoms with Gasteiger partial charge in [0.25, 0.3) is 0 Å². The van der Waals surface area contributed by atoms with Crippen LogP contribution >= 0.6 is 0 Å². The zero-order chi connectivity index (χ0) is 12.7. The summed E-state index contributed by atoms with van der Waals surface area (Å²) in [4.78, 5) is 11.3. The van der Waals surface area contributed by atoms with Gasteiger partial charge in [-0.1, -0.05) is 12.1 Å². The van der Waals surface area contributed by atoms with Crippen molar-refractivity contribution >= 4 is 11.6 Å². The van der Waals surface area contributed by atoms with Gasteiger partial charge in [-0.15, -0.1) is 0 Å². The van der Waals surface area contributed by atoms with Crippen molar-refractivity contribution in [2.75, 3.05) is 11.9 Å². The van der Waals surface area contributed by atoms with Crippen LogP contribution in [0.15, 0.2) is 24.3 Å². The van der Waals surface area contributed by atoms with Gasteiger partial charge >= 0.3 is 0 Å². The van der Waals surface area contributed by atoms with Gasteiger partial charge in [0.05, 0.1) is 18.2 Å². The number of carbonyl (C=O) groups excluding carboxylic acids is 1. The molecule has 0 aliphatic rings. The van der Waals surface area contributed by atoms with E-state index < -0.39 is 11.9 Å². The molecule has 0 radical (unpaired) electrons. The van der Waals surface area contributed by atoms with Crippen LogP contribution in [-0.4, -0.2) is 18.5 Å². The molecule has 0 fully saturated rings. The van der Waals surface area contributed by atoms with Gasteiger partial charge in [-0.05, 0) is 19.1 Å². The molecule has 1 unspecified atom stereocenters. The molecule has 0 aromatic heterocycles. The van der Waals surface area contributed by atoms with Crippen molar-refractivity contribution in [2.24, 2.45) is 0 Å². The van der Waals surface area contributed by atoms with E-state index in [-0.39, 0.29) is 18.0 Å². The zero-order valence-electron chi connectivity index (χ0n) is 9.53. The third-order valence-electron chi connectivity index (χ3n) is 2.12. The van der Waals surface area contributed by atoms with Crippen molar-refractivity contribution in [1.29, 1.82) is 5.26 Å². The fourth-order valence-corrected chi connectivity index (χ4v) is 1.35. The van der Waals surface area contributed by atoms with Crippen molar-refractivity contribution in [2.45, 2.75) is 19.4 Å². The van der Waals surface area contributed by atoms with Gasteiger partial charge in [0, 0.05) is 6.54 Å². The normalized spacial score (nSPS) is 11.4. The van der Waals surface area contributed by atoms with Crippen molar-refractivity contribution in [3.8, 4) is 6.07 Å². The van der Waals surface area contributed by atoms with E-state index in [0.29, 0.717) is 6.54 Å². The van der Waals surface area contributed by atoms with Crippen LogP contribution < -0.4 is 10.6 Å². The van der Waals surface area contributed by atoms with Gasteiger partial charge < -0.3 is 10.6 Å². The first-order chi connectivity index (χ1) is 8.17. The fraction of sp³-hybridized carbons (Fsp3) is 0.333. The number of carbonyl (C=O) groups is 1. The Morgan fingerprint density at radius 1 is 1.53 bits per heavy atom. The second kappa shape index (κ2) is 6.48. The molecule has 0 heterocycles. The average molecular weight is 235 g/mol. The Balaban J connectivity index is 2.62. The summed E-state index contributed by atoms with van der Waals surface area (Å²) in [7, 11) is 0. The lowest BCUT2D eigenvalue weighted by atomic mass is 10.2. The van der Waals surface area contributed by atoms with Crippen molar-refractivity contribution < 1.29 is 9.18 Å². The van der Waals surface area contributed by atoms with Crippen LogP contribution in [0.5, 0.6) is 0 Å². The lowest BCUT2D eigenvalue weighted by Gasteiger charge is -2.12. The molecule has 0 saturated heterocycles. The van der Waals surface area contributed by atoms with Crippen molar-refractivity contribution in [3.05, 3.63) is 30.1 Å². The zero-order valence-corrected chi connectivity index (χ0v) is 9.53. The molecule has 1 amide bonds. The number of para-hydroxylation sites is 1. The van der Waals surface area contributed by atoms with E-state index in [1.165, 1.54) is 12.1 Å². The number of benzene rings is 1. The Kier molecular flexibility index (Phi) is 4.95. The fourth-order valence-electron chi connectivity index (χ4n) is 1.35. The first-order valence-electron chi connectivity index (χ1n) is 5.34. The Labute approximate surface area is 99.4 Å². The predicted molar refractivity (Wildman–Crippen MR) is 62.7 cm³/mol. The van der Waals surface area contributed by atoms with Gasteiger partial charge in [0.1, 0.15) is 11.9 Å². The second-order valence-electron chi connectivity index (χ2n) is 3.46. The van der Waals surface area contributed by atoms with Gasteiger partial charge in [-0.2, -0.15) is 5.26 Å². The van der Waals surface area contributed by atoms with Crippen LogP contribution in [0.25, 0.3) is 0 Å². The summed E-state index contributed by atoms with van der Waals surface area (Å²) in [6.07, 6.45) is -0.00132. The van der Waals surface area contributed by atoms with E-state index in [2.05, 4.69) is 10.6 Å². The molecule has 1 aromatic carbocycles. The Bertz CT molecular complexity index is 428. The smallest absolute Gasteiger partial charge is 0.223 e. The van der Waals surface area contributed by atoms with E-state index in [1.807, 2.05) is 6.07 Å². The molecule has 1 rings (SSSR count). The van der Waals surface area contributed by atoms with Crippen molar-refractivity contribution in [3.63, 3.8) is 0 Å². The number of anilines is 1. The third-order valence-corrected chi connectivity index (χ3v) is 2.12. The molecule has 17 heavy (non-hydrogen) atoms. The molecule has 2 N–H and O–H groups in total. The summed E-state index contributed by atoms with van der Waals surface area (Å²) in [6, 6.07) is 7.23. The molecule has 90 valence electrons. The highest BCUT2D eigenvalue weighted by Crippen LogP contribution is 2.14. The minimum Gasteiger partial charge on any atom is -0.367 e. The van der Waals surface area contributed by atoms with E-state index >= 15 is 0 Å². The minimum absolute atomic E-state index is 0.00132. The number of hydrogen-bond acceptors (Lipinski definition) is 3. The summed E-state index contributed by atoms with van der Waals surface area (Å²) in [5.41, 5.74) is 0.225. The van der Waals surface area contributed by atoms with Gasteiger partial charge in [0.2, 0.25) is 5.91 Å². The highest BCUT2D eigenvalue weighted by molar-refractivity contribution is 5.77. The standard InChI is InChI=1S/C12H14FN3O/c1-2-15-12(17)7-9(8-14)16-11-6-4-3-5-10(11)13/h3-6,9,16H,2,7H2,1H3,(H,15,17). The maximum Gasteiger partial charge on any atom is 0.223 e. The minimum atomic E-state index is -0.738. The molecule has 5 heteroatoms. The van der Waals surface area contributed by atoms with E-state index in [1.54, 1.807) is 19.1 Å². The Morgan fingerprint density at radius 2 is 2.24 bits per heavy atom. The molecule has 1 atom stereocenters. The quantitative estimate of drug-likeness (QED) is 0.815.